The Labute approximate surface area is 220 Å². The van der Waals surface area contributed by atoms with E-state index >= 15 is 0 Å². The Hall–Kier alpha value is -3.66. The number of benzene rings is 2. The summed E-state index contributed by atoms with van der Waals surface area (Å²) in [5.74, 6) is 2.41. The zero-order valence-corrected chi connectivity index (χ0v) is 21.4. The molecular weight excluding hydrogens is 492 g/mol. The second kappa shape index (κ2) is 12.1. The molecule has 0 saturated carbocycles. The number of pyridine rings is 1. The maximum atomic E-state index is 6.32. The van der Waals surface area contributed by atoms with Crippen molar-refractivity contribution < 1.29 is 14.2 Å². The fourth-order valence-electron chi connectivity index (χ4n) is 4.11. The molecule has 37 heavy (non-hydrogen) atoms. The van der Waals surface area contributed by atoms with Crippen molar-refractivity contribution in [3.63, 3.8) is 0 Å². The zero-order chi connectivity index (χ0) is 25.5. The standard InChI is InChI=1S/C27H29ClN6O3/c1-35-25-17-19(6-7-24(25)37-13-3-10-34-11-14-36-15-12-34)32-27-29-9-8-26(33-27)31-20-16-21-22(28)4-2-5-23(21)30-18-20/h2,4-9,16-18H,3,10-15H2,1H3,(H2,29,31,32,33). The molecule has 0 atom stereocenters. The highest BCUT2D eigenvalue weighted by Crippen LogP contribution is 2.31. The summed E-state index contributed by atoms with van der Waals surface area (Å²) in [6.45, 7) is 5.19. The molecule has 0 bridgehead atoms. The number of anilines is 4. The number of hydrogen-bond donors (Lipinski definition) is 2. The van der Waals surface area contributed by atoms with Crippen molar-refractivity contribution in [1.82, 2.24) is 19.9 Å². The molecule has 0 aliphatic carbocycles. The van der Waals surface area contributed by atoms with Gasteiger partial charge in [0.15, 0.2) is 11.5 Å². The average Bonchev–Trinajstić information content (AvgIpc) is 2.93. The largest absolute Gasteiger partial charge is 0.493 e. The van der Waals surface area contributed by atoms with Crippen molar-refractivity contribution in [2.75, 3.05) is 57.2 Å². The van der Waals surface area contributed by atoms with Crippen LogP contribution in [0.5, 0.6) is 11.5 Å². The van der Waals surface area contributed by atoms with Gasteiger partial charge in [0.1, 0.15) is 5.82 Å². The van der Waals surface area contributed by atoms with Crippen LogP contribution in [0, 0.1) is 0 Å². The van der Waals surface area contributed by atoms with Crippen LogP contribution in [0.4, 0.5) is 23.1 Å². The summed E-state index contributed by atoms with van der Waals surface area (Å²) < 4.78 is 16.9. The molecule has 0 radical (unpaired) electrons. The van der Waals surface area contributed by atoms with Gasteiger partial charge in [0.05, 0.1) is 49.4 Å². The van der Waals surface area contributed by atoms with E-state index in [0.29, 0.717) is 34.9 Å². The van der Waals surface area contributed by atoms with Gasteiger partial charge in [0.2, 0.25) is 5.95 Å². The summed E-state index contributed by atoms with van der Waals surface area (Å²) in [6, 6.07) is 15.1. The Morgan fingerprint density at radius 3 is 2.76 bits per heavy atom. The van der Waals surface area contributed by atoms with Crippen molar-refractivity contribution in [2.45, 2.75) is 6.42 Å². The number of nitrogens with zero attached hydrogens (tertiary/aromatic N) is 4. The molecule has 0 unspecified atom stereocenters. The van der Waals surface area contributed by atoms with E-state index in [2.05, 4.69) is 30.5 Å². The van der Waals surface area contributed by atoms with Crippen molar-refractivity contribution in [1.29, 1.82) is 0 Å². The van der Waals surface area contributed by atoms with Crippen LogP contribution in [0.2, 0.25) is 5.02 Å². The first-order chi connectivity index (χ1) is 18.2. The number of halogens is 1. The van der Waals surface area contributed by atoms with Crippen LogP contribution < -0.4 is 20.1 Å². The second-order valence-corrected chi connectivity index (χ2v) is 8.97. The lowest BCUT2D eigenvalue weighted by Gasteiger charge is -2.26. The third-order valence-electron chi connectivity index (χ3n) is 6.00. The van der Waals surface area contributed by atoms with Gasteiger partial charge in [-0.3, -0.25) is 9.88 Å². The van der Waals surface area contributed by atoms with E-state index in [-0.39, 0.29) is 0 Å². The van der Waals surface area contributed by atoms with Crippen molar-refractivity contribution >= 4 is 45.6 Å². The van der Waals surface area contributed by atoms with Gasteiger partial charge < -0.3 is 24.8 Å². The highest BCUT2D eigenvalue weighted by molar-refractivity contribution is 6.35. The molecule has 0 spiro atoms. The molecule has 2 aromatic heterocycles. The van der Waals surface area contributed by atoms with E-state index in [0.717, 1.165) is 61.5 Å². The molecule has 4 aromatic rings. The first kappa shape index (κ1) is 25.0. The zero-order valence-electron chi connectivity index (χ0n) is 20.6. The minimum atomic E-state index is 0.443. The van der Waals surface area contributed by atoms with Crippen LogP contribution >= 0.6 is 11.6 Å². The van der Waals surface area contributed by atoms with E-state index in [1.165, 1.54) is 0 Å². The number of rotatable bonds is 10. The third kappa shape index (κ3) is 6.56. The summed E-state index contributed by atoms with van der Waals surface area (Å²) in [7, 11) is 1.63. The van der Waals surface area contributed by atoms with Crippen molar-refractivity contribution in [3.8, 4) is 11.5 Å². The minimum absolute atomic E-state index is 0.443. The van der Waals surface area contributed by atoms with Gasteiger partial charge >= 0.3 is 0 Å². The lowest BCUT2D eigenvalue weighted by atomic mass is 10.2. The summed E-state index contributed by atoms with van der Waals surface area (Å²) in [5.41, 5.74) is 2.40. The van der Waals surface area contributed by atoms with Crippen LogP contribution in [-0.2, 0) is 4.74 Å². The Balaban J connectivity index is 1.20. The predicted octanol–water partition coefficient (Wildman–Crippen LogP) is 5.28. The summed E-state index contributed by atoms with van der Waals surface area (Å²) in [5, 5.41) is 8.02. The molecule has 0 amide bonds. The Bertz CT molecular complexity index is 1350. The topological polar surface area (TPSA) is 93.7 Å². The van der Waals surface area contributed by atoms with E-state index in [9.17, 15) is 0 Å². The normalized spacial score (nSPS) is 13.9. The number of aromatic nitrogens is 3. The van der Waals surface area contributed by atoms with Crippen LogP contribution in [0.15, 0.2) is 60.9 Å². The number of fused-ring (bicyclic) bond motifs is 1. The number of nitrogens with one attached hydrogen (secondary N) is 2. The molecule has 1 aliphatic rings. The molecule has 2 N–H and O–H groups in total. The highest BCUT2D eigenvalue weighted by atomic mass is 35.5. The van der Waals surface area contributed by atoms with Crippen LogP contribution in [0.25, 0.3) is 10.9 Å². The lowest BCUT2D eigenvalue weighted by molar-refractivity contribution is 0.0357. The molecule has 1 aliphatic heterocycles. The van der Waals surface area contributed by atoms with Crippen LogP contribution in [0.1, 0.15) is 6.42 Å². The number of hydrogen-bond acceptors (Lipinski definition) is 9. The second-order valence-electron chi connectivity index (χ2n) is 8.57. The first-order valence-corrected chi connectivity index (χ1v) is 12.6. The van der Waals surface area contributed by atoms with Gasteiger partial charge in [-0.15, -0.1) is 0 Å². The van der Waals surface area contributed by atoms with Gasteiger partial charge in [0, 0.05) is 43.0 Å². The van der Waals surface area contributed by atoms with Crippen LogP contribution in [-0.4, -0.2) is 66.4 Å². The smallest absolute Gasteiger partial charge is 0.229 e. The minimum Gasteiger partial charge on any atom is -0.493 e. The molecule has 192 valence electrons. The summed E-state index contributed by atoms with van der Waals surface area (Å²) >= 11 is 6.32. The average molecular weight is 521 g/mol. The molecular formula is C27H29ClN6O3. The quantitative estimate of drug-likeness (QED) is 0.271. The van der Waals surface area contributed by atoms with E-state index < -0.39 is 0 Å². The fourth-order valence-corrected chi connectivity index (χ4v) is 4.33. The van der Waals surface area contributed by atoms with Gasteiger partial charge in [-0.05, 0) is 42.8 Å². The van der Waals surface area contributed by atoms with Crippen LogP contribution in [0.3, 0.4) is 0 Å². The van der Waals surface area contributed by atoms with Gasteiger partial charge in [-0.25, -0.2) is 4.98 Å². The fraction of sp³-hybridized carbons (Fsp3) is 0.296. The van der Waals surface area contributed by atoms with Gasteiger partial charge in [-0.1, -0.05) is 17.7 Å². The maximum absolute atomic E-state index is 6.32. The van der Waals surface area contributed by atoms with E-state index in [4.69, 9.17) is 25.8 Å². The Morgan fingerprint density at radius 1 is 1.00 bits per heavy atom. The number of morpholine rings is 1. The number of ether oxygens (including phenoxy) is 3. The summed E-state index contributed by atoms with van der Waals surface area (Å²) in [4.78, 5) is 15.8. The molecule has 3 heterocycles. The lowest BCUT2D eigenvalue weighted by Crippen LogP contribution is -2.37. The summed E-state index contributed by atoms with van der Waals surface area (Å²) in [6.07, 6.45) is 4.37. The monoisotopic (exact) mass is 520 g/mol. The number of methoxy groups -OCH3 is 1. The van der Waals surface area contributed by atoms with Gasteiger partial charge in [0.25, 0.3) is 0 Å². The highest BCUT2D eigenvalue weighted by Gasteiger charge is 2.11. The Kier molecular flexibility index (Phi) is 8.15. The first-order valence-electron chi connectivity index (χ1n) is 12.2. The molecule has 9 nitrogen and oxygen atoms in total. The molecule has 1 fully saturated rings. The van der Waals surface area contributed by atoms with Gasteiger partial charge in [-0.2, -0.15) is 4.98 Å². The van der Waals surface area contributed by atoms with Crippen molar-refractivity contribution in [2.24, 2.45) is 0 Å². The Morgan fingerprint density at radius 2 is 1.89 bits per heavy atom. The van der Waals surface area contributed by atoms with E-state index in [1.54, 1.807) is 25.6 Å². The molecule has 5 rings (SSSR count). The molecule has 10 heteroatoms. The van der Waals surface area contributed by atoms with Crippen molar-refractivity contribution in [3.05, 3.63) is 65.9 Å². The molecule has 2 aromatic carbocycles. The third-order valence-corrected chi connectivity index (χ3v) is 6.33. The maximum Gasteiger partial charge on any atom is 0.229 e. The molecule has 1 saturated heterocycles. The predicted molar refractivity (Wildman–Crippen MR) is 146 cm³/mol. The SMILES string of the molecule is COc1cc(Nc2nccc(Nc3cnc4cccc(Cl)c4c3)n2)ccc1OCCCN1CCOCC1. The van der Waals surface area contributed by atoms with E-state index in [1.807, 2.05) is 42.5 Å².